The first-order valence-corrected chi connectivity index (χ1v) is 11.4. The van der Waals surface area contributed by atoms with Crippen LogP contribution >= 0.6 is 11.6 Å². The van der Waals surface area contributed by atoms with Crippen molar-refractivity contribution in [2.45, 2.75) is 63.0 Å². The molecule has 0 bridgehead atoms. The first kappa shape index (κ1) is 23.1. The molecule has 31 heavy (non-hydrogen) atoms. The fourth-order valence-corrected chi connectivity index (χ4v) is 7.39. The highest BCUT2D eigenvalue weighted by atomic mass is 35.5. The van der Waals surface area contributed by atoms with E-state index < -0.39 is 57.8 Å². The van der Waals surface area contributed by atoms with Gasteiger partial charge in [0.05, 0.1) is 31.3 Å². The minimum atomic E-state index is -2.06. The Bertz CT molecular complexity index is 859. The molecule has 8 atom stereocenters. The minimum Gasteiger partial charge on any atom is -0.394 e. The van der Waals surface area contributed by atoms with Gasteiger partial charge in [-0.25, -0.2) is 4.39 Å². The third-order valence-electron chi connectivity index (χ3n) is 8.79. The monoisotopic (exact) mass is 456 g/mol. The number of hydrogen-bond donors (Lipinski definition) is 3. The maximum atomic E-state index is 17.1. The summed E-state index contributed by atoms with van der Waals surface area (Å²) in [5.74, 6) is -2.35. The molecule has 3 N–H and O–H groups in total. The summed E-state index contributed by atoms with van der Waals surface area (Å²) in [6, 6.07) is 0. The van der Waals surface area contributed by atoms with Crippen LogP contribution in [0.3, 0.4) is 0 Å². The van der Waals surface area contributed by atoms with E-state index in [9.17, 15) is 24.9 Å². The van der Waals surface area contributed by atoms with Crippen molar-refractivity contribution in [2.75, 3.05) is 19.1 Å². The van der Waals surface area contributed by atoms with Crippen molar-refractivity contribution in [1.82, 2.24) is 0 Å². The zero-order chi connectivity index (χ0) is 22.8. The second kappa shape index (κ2) is 7.45. The van der Waals surface area contributed by atoms with Crippen molar-refractivity contribution in [3.8, 4) is 0 Å². The number of ether oxygens (including phenoxy) is 1. The summed E-state index contributed by atoms with van der Waals surface area (Å²) in [4.78, 5) is 24.8. The molecular weight excluding hydrogens is 427 g/mol. The lowest BCUT2D eigenvalue weighted by molar-refractivity contribution is -0.222. The van der Waals surface area contributed by atoms with Crippen LogP contribution in [-0.4, -0.2) is 69.5 Å². The first-order valence-electron chi connectivity index (χ1n) is 10.9. The molecule has 0 aromatic heterocycles. The number of aliphatic hydroxyl groups excluding tert-OH is 2. The zero-order valence-corrected chi connectivity index (χ0v) is 18.6. The molecule has 6 nitrogen and oxygen atoms in total. The van der Waals surface area contributed by atoms with Crippen LogP contribution in [0.1, 0.15) is 39.5 Å². The molecule has 0 aromatic rings. The maximum absolute atomic E-state index is 17.1. The van der Waals surface area contributed by atoms with E-state index in [4.69, 9.17) is 16.3 Å². The summed E-state index contributed by atoms with van der Waals surface area (Å²) in [6.45, 7) is 3.06. The molecule has 0 aromatic carbocycles. The zero-order valence-electron chi connectivity index (χ0n) is 17.8. The minimum absolute atomic E-state index is 0.0746. The van der Waals surface area contributed by atoms with Gasteiger partial charge in [-0.3, -0.25) is 9.59 Å². The Morgan fingerprint density at radius 1 is 1.35 bits per heavy atom. The van der Waals surface area contributed by atoms with Crippen molar-refractivity contribution in [3.05, 3.63) is 23.8 Å². The molecule has 0 radical (unpaired) electrons. The van der Waals surface area contributed by atoms with Crippen LogP contribution in [0.25, 0.3) is 0 Å². The highest BCUT2D eigenvalue weighted by molar-refractivity contribution is 6.29. The van der Waals surface area contributed by atoms with E-state index in [1.165, 1.54) is 12.2 Å². The normalized spacial score (nSPS) is 48.6. The predicted molar refractivity (Wildman–Crippen MR) is 111 cm³/mol. The number of allylic oxidation sites excluding steroid dienone is 4. The molecule has 0 heterocycles. The number of Topliss-reactive ketones (excluding diaryl/α,β-unsaturated/α-hetero) is 1. The fourth-order valence-electron chi connectivity index (χ4n) is 7.19. The molecule has 0 saturated heterocycles. The van der Waals surface area contributed by atoms with E-state index in [2.05, 4.69) is 0 Å². The van der Waals surface area contributed by atoms with E-state index in [1.807, 2.05) is 0 Å². The number of alkyl halides is 2. The van der Waals surface area contributed by atoms with E-state index in [-0.39, 0.29) is 31.8 Å². The molecule has 3 fully saturated rings. The van der Waals surface area contributed by atoms with Gasteiger partial charge in [-0.2, -0.15) is 0 Å². The Morgan fingerprint density at radius 2 is 2.06 bits per heavy atom. The van der Waals surface area contributed by atoms with Gasteiger partial charge in [-0.05, 0) is 50.7 Å². The molecule has 0 amide bonds. The van der Waals surface area contributed by atoms with Crippen LogP contribution in [-0.2, 0) is 14.3 Å². The topological polar surface area (TPSA) is 104 Å². The first-order chi connectivity index (χ1) is 14.5. The Labute approximate surface area is 186 Å². The third kappa shape index (κ3) is 2.76. The quantitative estimate of drug-likeness (QED) is 0.546. The maximum Gasteiger partial charge on any atom is 0.182 e. The van der Waals surface area contributed by atoms with Crippen LogP contribution in [0.5, 0.6) is 0 Å². The van der Waals surface area contributed by atoms with Crippen LogP contribution in [0.4, 0.5) is 4.39 Å². The van der Waals surface area contributed by atoms with Gasteiger partial charge in [-0.1, -0.05) is 18.6 Å². The van der Waals surface area contributed by atoms with E-state index in [0.717, 1.165) is 0 Å². The third-order valence-corrected chi connectivity index (χ3v) is 9.04. The number of carbonyl (C=O) groups is 2. The molecule has 172 valence electrons. The molecule has 0 aliphatic heterocycles. The van der Waals surface area contributed by atoms with E-state index in [1.54, 1.807) is 19.9 Å². The number of carbonyl (C=O) groups excluding carboxylic acids is 2. The SMILES string of the molecule is C[C@]12C=CC(=O)C=C1CC[C@H]1[C@@H]3C[C@@H](OCCO)[C@](O)(C(=O)CCl)[C@@]3(C)C[C@H](O)C12F. The summed E-state index contributed by atoms with van der Waals surface area (Å²) in [6.07, 6.45) is 2.91. The molecule has 4 aliphatic rings. The Hall–Kier alpha value is -1.12. The summed E-state index contributed by atoms with van der Waals surface area (Å²) in [5.41, 5.74) is -5.69. The number of rotatable bonds is 5. The average molecular weight is 457 g/mol. The number of hydrogen-bond acceptors (Lipinski definition) is 6. The number of halogens is 2. The number of ketones is 2. The van der Waals surface area contributed by atoms with E-state index in [0.29, 0.717) is 18.4 Å². The lowest BCUT2D eigenvalue weighted by Gasteiger charge is -2.62. The van der Waals surface area contributed by atoms with Crippen molar-refractivity contribution in [3.63, 3.8) is 0 Å². The summed E-state index contributed by atoms with van der Waals surface area (Å²) in [7, 11) is 0. The fraction of sp³-hybridized carbons (Fsp3) is 0.739. The highest BCUT2D eigenvalue weighted by Crippen LogP contribution is 2.70. The lowest BCUT2D eigenvalue weighted by Crippen LogP contribution is -2.69. The van der Waals surface area contributed by atoms with Gasteiger partial charge in [0.2, 0.25) is 0 Å². The molecule has 1 unspecified atom stereocenters. The van der Waals surface area contributed by atoms with Crippen molar-refractivity contribution < 1.29 is 34.0 Å². The smallest absolute Gasteiger partial charge is 0.182 e. The number of fused-ring (bicyclic) bond motifs is 5. The van der Waals surface area contributed by atoms with Gasteiger partial charge >= 0.3 is 0 Å². The average Bonchev–Trinajstić information content (AvgIpc) is 2.95. The van der Waals surface area contributed by atoms with Gasteiger partial charge in [-0.15, -0.1) is 11.6 Å². The van der Waals surface area contributed by atoms with Crippen LogP contribution < -0.4 is 0 Å². The van der Waals surface area contributed by atoms with Gasteiger partial charge in [0.1, 0.15) is 0 Å². The summed E-state index contributed by atoms with van der Waals surface area (Å²) < 4.78 is 22.7. The van der Waals surface area contributed by atoms with Gasteiger partial charge in [0.25, 0.3) is 0 Å². The second-order valence-corrected chi connectivity index (χ2v) is 10.2. The Kier molecular flexibility index (Phi) is 5.54. The van der Waals surface area contributed by atoms with Crippen molar-refractivity contribution in [2.24, 2.45) is 22.7 Å². The van der Waals surface area contributed by atoms with Gasteiger partial charge in [0.15, 0.2) is 22.8 Å². The van der Waals surface area contributed by atoms with Gasteiger partial charge < -0.3 is 20.1 Å². The highest BCUT2D eigenvalue weighted by Gasteiger charge is 2.76. The van der Waals surface area contributed by atoms with Gasteiger partial charge in [0, 0.05) is 16.7 Å². The molecule has 4 rings (SSSR count). The predicted octanol–water partition coefficient (Wildman–Crippen LogP) is 1.88. The molecule has 0 spiro atoms. The second-order valence-electron chi connectivity index (χ2n) is 9.91. The van der Waals surface area contributed by atoms with Crippen molar-refractivity contribution >= 4 is 23.2 Å². The lowest BCUT2D eigenvalue weighted by atomic mass is 9.44. The molecular formula is C23H30ClFO6. The standard InChI is InChI=1S/C23H30ClFO6/c1-20-6-5-14(27)9-13(20)3-4-15-16-10-19(31-8-7-26)23(30,18(29)12-24)21(16,2)11-17(28)22(15,20)25/h5-6,9,15-17,19,26,28,30H,3-4,7-8,10-12H2,1-2H3/t15-,16-,17-,19+,20-,21-,22?,23+/m0/s1. The van der Waals surface area contributed by atoms with Crippen LogP contribution in [0.15, 0.2) is 23.8 Å². The van der Waals surface area contributed by atoms with Crippen LogP contribution in [0.2, 0.25) is 0 Å². The summed E-state index contributed by atoms with van der Waals surface area (Å²) in [5, 5.41) is 32.1. The Balaban J connectivity index is 1.81. The van der Waals surface area contributed by atoms with Crippen LogP contribution in [0, 0.1) is 22.7 Å². The number of aliphatic hydroxyl groups is 3. The summed E-state index contributed by atoms with van der Waals surface area (Å²) >= 11 is 5.84. The van der Waals surface area contributed by atoms with E-state index >= 15 is 4.39 Å². The van der Waals surface area contributed by atoms with Crippen molar-refractivity contribution in [1.29, 1.82) is 0 Å². The largest absolute Gasteiger partial charge is 0.394 e. The Morgan fingerprint density at radius 3 is 2.71 bits per heavy atom. The molecule has 4 aliphatic carbocycles. The molecule has 3 saturated carbocycles. The molecule has 8 heteroatoms.